The first-order valence-corrected chi connectivity index (χ1v) is 8.84. The first kappa shape index (κ1) is 19.0. The van der Waals surface area contributed by atoms with Crippen molar-refractivity contribution in [1.29, 1.82) is 0 Å². The van der Waals surface area contributed by atoms with Crippen LogP contribution in [0, 0.1) is 13.8 Å². The van der Waals surface area contributed by atoms with E-state index in [2.05, 4.69) is 81.8 Å². The first-order chi connectivity index (χ1) is 11.7. The van der Waals surface area contributed by atoms with Crippen molar-refractivity contribution in [2.24, 2.45) is 4.99 Å². The molecule has 3 heteroatoms. The molecule has 2 aromatic rings. The third-order valence-corrected chi connectivity index (χ3v) is 4.31. The Kier molecular flexibility index (Phi) is 5.89. The van der Waals surface area contributed by atoms with Crippen molar-refractivity contribution in [3.8, 4) is 11.5 Å². The molecular weight excluding hydrogens is 308 g/mol. The lowest BCUT2D eigenvalue weighted by Crippen LogP contribution is -2.14. The van der Waals surface area contributed by atoms with Crippen LogP contribution >= 0.6 is 0 Å². The van der Waals surface area contributed by atoms with Crippen LogP contribution in [0.15, 0.2) is 41.4 Å². The molecule has 0 radical (unpaired) electrons. The molecule has 0 aromatic heterocycles. The second-order valence-corrected chi connectivity index (χ2v) is 7.60. The van der Waals surface area contributed by atoms with E-state index in [1.54, 1.807) is 0 Å². The maximum Gasteiger partial charge on any atom is 0.130 e. The van der Waals surface area contributed by atoms with Gasteiger partial charge in [-0.3, -0.25) is 0 Å². The van der Waals surface area contributed by atoms with Crippen molar-refractivity contribution in [2.45, 2.75) is 47.0 Å². The van der Waals surface area contributed by atoms with Crippen LogP contribution in [0.1, 0.15) is 44.4 Å². The van der Waals surface area contributed by atoms with Gasteiger partial charge in [0.05, 0.1) is 12.0 Å². The molecule has 0 N–H and O–H groups in total. The number of rotatable bonds is 5. The van der Waals surface area contributed by atoms with E-state index in [9.17, 15) is 0 Å². The maximum atomic E-state index is 6.17. The molecule has 0 saturated heterocycles. The minimum atomic E-state index is 0.105. The summed E-state index contributed by atoms with van der Waals surface area (Å²) in [5.41, 5.74) is 4.54. The second kappa shape index (κ2) is 7.73. The predicted octanol–water partition coefficient (Wildman–Crippen LogP) is 6.00. The molecule has 3 nitrogen and oxygen atoms in total. The van der Waals surface area contributed by atoms with Gasteiger partial charge >= 0.3 is 0 Å². The Morgan fingerprint density at radius 3 is 2.44 bits per heavy atom. The normalized spacial score (nSPS) is 11.8. The minimum Gasteiger partial charge on any atom is -0.457 e. The lowest BCUT2D eigenvalue weighted by molar-refractivity contribution is 0.474. The predicted molar refractivity (Wildman–Crippen MR) is 108 cm³/mol. The monoisotopic (exact) mass is 338 g/mol. The summed E-state index contributed by atoms with van der Waals surface area (Å²) in [6.45, 7) is 13.8. The number of hydrogen-bond acceptors (Lipinski definition) is 2. The number of nitrogens with zero attached hydrogens (tertiary/aromatic N) is 2. The van der Waals surface area contributed by atoms with Crippen LogP contribution < -0.4 is 4.74 Å². The first-order valence-electron chi connectivity index (χ1n) is 8.84. The fourth-order valence-electron chi connectivity index (χ4n) is 2.42. The van der Waals surface area contributed by atoms with Crippen molar-refractivity contribution >= 4 is 12.0 Å². The Labute approximate surface area is 152 Å². The standard InChI is InChI=1S/C22H30N2O/c1-8-24(7)15-23-20-12-17(3)21(13-16(20)2)25-19-11-9-10-18(14-19)22(4,5)6/h9-15H,8H2,1-7H3/b23-15-. The molecule has 0 heterocycles. The summed E-state index contributed by atoms with van der Waals surface area (Å²) in [7, 11) is 2.02. The average Bonchev–Trinajstić information content (AvgIpc) is 2.55. The Morgan fingerprint density at radius 2 is 1.80 bits per heavy atom. The van der Waals surface area contributed by atoms with E-state index < -0.39 is 0 Å². The molecular formula is C22H30N2O. The van der Waals surface area contributed by atoms with Gasteiger partial charge in [0.1, 0.15) is 11.5 Å². The van der Waals surface area contributed by atoms with Gasteiger partial charge in [0.2, 0.25) is 0 Å². The van der Waals surface area contributed by atoms with E-state index in [0.29, 0.717) is 0 Å². The van der Waals surface area contributed by atoms with E-state index in [0.717, 1.165) is 34.9 Å². The zero-order valence-corrected chi connectivity index (χ0v) is 16.6. The minimum absolute atomic E-state index is 0.105. The lowest BCUT2D eigenvalue weighted by atomic mass is 9.87. The number of benzene rings is 2. The van der Waals surface area contributed by atoms with Crippen molar-refractivity contribution in [1.82, 2.24) is 4.90 Å². The van der Waals surface area contributed by atoms with Crippen LogP contribution in [0.25, 0.3) is 0 Å². The van der Waals surface area contributed by atoms with E-state index in [1.807, 2.05) is 19.5 Å². The third-order valence-electron chi connectivity index (χ3n) is 4.31. The molecule has 0 atom stereocenters. The summed E-state index contributed by atoms with van der Waals surface area (Å²) in [6.07, 6.45) is 1.87. The van der Waals surface area contributed by atoms with E-state index in [1.165, 1.54) is 5.56 Å². The number of aliphatic imine (C=N–C) groups is 1. The van der Waals surface area contributed by atoms with Crippen molar-refractivity contribution < 1.29 is 4.74 Å². The topological polar surface area (TPSA) is 24.8 Å². The molecule has 134 valence electrons. The Balaban J connectivity index is 2.27. The van der Waals surface area contributed by atoms with Gasteiger partial charge in [0, 0.05) is 13.6 Å². The van der Waals surface area contributed by atoms with Gasteiger partial charge in [0.25, 0.3) is 0 Å². The molecule has 2 rings (SSSR count). The van der Waals surface area contributed by atoms with Gasteiger partial charge in [-0.25, -0.2) is 4.99 Å². The number of aryl methyl sites for hydroxylation is 2. The highest BCUT2D eigenvalue weighted by Gasteiger charge is 2.14. The molecule has 2 aromatic carbocycles. The Hall–Kier alpha value is -2.29. The van der Waals surface area contributed by atoms with Crippen LogP contribution in [0.5, 0.6) is 11.5 Å². The summed E-state index contributed by atoms with van der Waals surface area (Å²) in [6, 6.07) is 12.5. The molecule has 0 saturated carbocycles. The van der Waals surface area contributed by atoms with Crippen LogP contribution in [0.4, 0.5) is 5.69 Å². The summed E-state index contributed by atoms with van der Waals surface area (Å²) in [4.78, 5) is 6.63. The summed E-state index contributed by atoms with van der Waals surface area (Å²) < 4.78 is 6.17. The average molecular weight is 338 g/mol. The van der Waals surface area contributed by atoms with E-state index in [-0.39, 0.29) is 5.41 Å². The Bertz CT molecular complexity index is 757. The molecule has 0 fully saturated rings. The summed E-state index contributed by atoms with van der Waals surface area (Å²) in [5.74, 6) is 1.75. The molecule has 0 unspecified atom stereocenters. The Morgan fingerprint density at radius 1 is 1.08 bits per heavy atom. The SMILES string of the molecule is CCN(C)/C=N\c1cc(C)c(Oc2cccc(C(C)(C)C)c2)cc1C. The molecule has 25 heavy (non-hydrogen) atoms. The molecule has 0 aliphatic carbocycles. The second-order valence-electron chi connectivity index (χ2n) is 7.60. The van der Waals surface area contributed by atoms with E-state index >= 15 is 0 Å². The van der Waals surface area contributed by atoms with Crippen molar-refractivity contribution in [3.05, 3.63) is 53.1 Å². The highest BCUT2D eigenvalue weighted by atomic mass is 16.5. The highest BCUT2D eigenvalue weighted by Crippen LogP contribution is 2.33. The van der Waals surface area contributed by atoms with Crippen LogP contribution in [0.3, 0.4) is 0 Å². The summed E-state index contributed by atoms with van der Waals surface area (Å²) >= 11 is 0. The van der Waals surface area contributed by atoms with E-state index in [4.69, 9.17) is 4.74 Å². The van der Waals surface area contributed by atoms with Crippen LogP contribution in [0.2, 0.25) is 0 Å². The van der Waals surface area contributed by atoms with Crippen molar-refractivity contribution in [2.75, 3.05) is 13.6 Å². The third kappa shape index (κ3) is 5.09. The zero-order valence-electron chi connectivity index (χ0n) is 16.6. The van der Waals surface area contributed by atoms with Gasteiger partial charge in [0.15, 0.2) is 0 Å². The molecule has 0 aliphatic heterocycles. The largest absolute Gasteiger partial charge is 0.457 e. The van der Waals surface area contributed by atoms with Gasteiger partial charge in [-0.15, -0.1) is 0 Å². The lowest BCUT2D eigenvalue weighted by Gasteiger charge is -2.20. The molecule has 0 bridgehead atoms. The van der Waals surface area contributed by atoms with Crippen LogP contribution in [-0.4, -0.2) is 24.8 Å². The molecule has 0 amide bonds. The smallest absolute Gasteiger partial charge is 0.130 e. The van der Waals surface area contributed by atoms with Gasteiger partial charge in [-0.05, 0) is 67.1 Å². The van der Waals surface area contributed by atoms with Gasteiger partial charge < -0.3 is 9.64 Å². The molecule has 0 spiro atoms. The zero-order chi connectivity index (χ0) is 18.6. The quantitative estimate of drug-likeness (QED) is 0.493. The fraction of sp³-hybridized carbons (Fsp3) is 0.409. The van der Waals surface area contributed by atoms with Gasteiger partial charge in [-0.1, -0.05) is 32.9 Å². The van der Waals surface area contributed by atoms with Gasteiger partial charge in [-0.2, -0.15) is 0 Å². The summed E-state index contributed by atoms with van der Waals surface area (Å²) in [5, 5.41) is 0. The fourth-order valence-corrected chi connectivity index (χ4v) is 2.42. The number of hydrogen-bond donors (Lipinski definition) is 0. The van der Waals surface area contributed by atoms with Crippen molar-refractivity contribution in [3.63, 3.8) is 0 Å². The molecule has 0 aliphatic rings. The maximum absolute atomic E-state index is 6.17. The highest BCUT2D eigenvalue weighted by molar-refractivity contribution is 5.64. The number of ether oxygens (including phenoxy) is 1. The van der Waals surface area contributed by atoms with Crippen LogP contribution in [-0.2, 0) is 5.41 Å².